The minimum atomic E-state index is -1.03. The Labute approximate surface area is 232 Å². The van der Waals surface area contributed by atoms with Crippen molar-refractivity contribution in [2.45, 2.75) is 68.6 Å². The smallest absolute Gasteiger partial charge is 0.242 e. The fraction of sp³-hybridized carbons (Fsp3) is 0.414. The van der Waals surface area contributed by atoms with Crippen LogP contribution in [-0.2, 0) is 15.1 Å². The molecule has 37 heavy (non-hydrogen) atoms. The van der Waals surface area contributed by atoms with Crippen LogP contribution in [0.3, 0.4) is 0 Å². The number of rotatable bonds is 7. The number of thioether (sulfide) groups is 1. The van der Waals surface area contributed by atoms with E-state index in [4.69, 9.17) is 21.3 Å². The lowest BCUT2D eigenvalue weighted by atomic mass is 9.79. The standard InChI is InChI=1S/C27H27ClN2O3S2.C2H6/c1-17-9-10-22(20(28)13-17)35-25-21(31)14-27(30-26(25)32,19-11-12-34-16-19)23-7-4-8-24(29-23)33-15-18-5-2-3-6-18;1-2/h4,7-13,16,18,25H,2-3,5-6,14-15H2,1H3,(H,30,32);1-2H3. The van der Waals surface area contributed by atoms with Gasteiger partial charge in [-0.1, -0.05) is 50.4 Å². The van der Waals surface area contributed by atoms with E-state index in [9.17, 15) is 9.59 Å². The third-order valence-corrected chi connectivity index (χ3v) is 9.19. The normalized spacial score (nSPS) is 21.8. The zero-order valence-electron chi connectivity index (χ0n) is 21.5. The number of hydrogen-bond donors (Lipinski definition) is 1. The van der Waals surface area contributed by atoms with Gasteiger partial charge in [0.2, 0.25) is 11.8 Å². The number of pyridine rings is 1. The van der Waals surface area contributed by atoms with E-state index in [1.807, 2.05) is 74.0 Å². The number of halogens is 1. The van der Waals surface area contributed by atoms with Gasteiger partial charge in [0.05, 0.1) is 17.3 Å². The van der Waals surface area contributed by atoms with Crippen molar-refractivity contribution in [1.29, 1.82) is 0 Å². The Morgan fingerprint density at radius 1 is 1.16 bits per heavy atom. The van der Waals surface area contributed by atoms with E-state index in [1.165, 1.54) is 48.8 Å². The average molecular weight is 557 g/mol. The highest BCUT2D eigenvalue weighted by molar-refractivity contribution is 8.01. The Morgan fingerprint density at radius 3 is 2.62 bits per heavy atom. The van der Waals surface area contributed by atoms with Gasteiger partial charge in [0.1, 0.15) is 10.8 Å². The van der Waals surface area contributed by atoms with Gasteiger partial charge in [0.15, 0.2) is 5.78 Å². The molecular formula is C29H33ClN2O3S2. The largest absolute Gasteiger partial charge is 0.477 e. The maximum absolute atomic E-state index is 13.5. The molecule has 0 bridgehead atoms. The van der Waals surface area contributed by atoms with E-state index in [-0.39, 0.29) is 18.1 Å². The first-order chi connectivity index (χ1) is 17.9. The number of hydrogen-bond acceptors (Lipinski definition) is 6. The number of nitrogens with zero attached hydrogens (tertiary/aromatic N) is 1. The molecule has 2 aromatic heterocycles. The Balaban J connectivity index is 0.00000156. The van der Waals surface area contributed by atoms with Crippen LogP contribution in [0.1, 0.15) is 62.8 Å². The lowest BCUT2D eigenvalue weighted by Gasteiger charge is -2.39. The molecule has 2 atom stereocenters. The predicted octanol–water partition coefficient (Wildman–Crippen LogP) is 7.19. The maximum Gasteiger partial charge on any atom is 0.242 e. The lowest BCUT2D eigenvalue weighted by Crippen LogP contribution is -2.58. The summed E-state index contributed by atoms with van der Waals surface area (Å²) in [7, 11) is 0. The summed E-state index contributed by atoms with van der Waals surface area (Å²) < 4.78 is 6.04. The van der Waals surface area contributed by atoms with E-state index < -0.39 is 10.8 Å². The van der Waals surface area contributed by atoms with Crippen LogP contribution in [0, 0.1) is 12.8 Å². The number of carbonyl (C=O) groups excluding carboxylic acids is 2. The molecule has 1 aromatic carbocycles. The summed E-state index contributed by atoms with van der Waals surface area (Å²) in [6, 6.07) is 13.1. The molecule has 1 amide bonds. The molecule has 1 saturated carbocycles. The van der Waals surface area contributed by atoms with Gasteiger partial charge in [-0.05, 0) is 71.8 Å². The van der Waals surface area contributed by atoms with Crippen molar-refractivity contribution < 1.29 is 14.3 Å². The van der Waals surface area contributed by atoms with Crippen molar-refractivity contribution in [3.05, 3.63) is 75.1 Å². The first-order valence-corrected chi connectivity index (χ1v) is 15.1. The van der Waals surface area contributed by atoms with Crippen LogP contribution in [0.2, 0.25) is 5.02 Å². The molecule has 5 nitrogen and oxygen atoms in total. The van der Waals surface area contributed by atoms with E-state index in [0.717, 1.165) is 11.1 Å². The molecule has 0 spiro atoms. The number of aryl methyl sites for hydroxylation is 1. The number of aromatic nitrogens is 1. The molecule has 0 radical (unpaired) electrons. The van der Waals surface area contributed by atoms with Crippen molar-refractivity contribution in [1.82, 2.24) is 10.3 Å². The fourth-order valence-electron chi connectivity index (χ4n) is 4.87. The first-order valence-electron chi connectivity index (χ1n) is 12.9. The fourth-order valence-corrected chi connectivity index (χ4v) is 6.92. The molecule has 5 rings (SSSR count). The second-order valence-corrected chi connectivity index (χ2v) is 11.6. The van der Waals surface area contributed by atoms with E-state index >= 15 is 0 Å². The van der Waals surface area contributed by atoms with Crippen molar-refractivity contribution in [2.24, 2.45) is 5.92 Å². The lowest BCUT2D eigenvalue weighted by molar-refractivity contribution is -0.133. The first kappa shape index (κ1) is 27.7. The van der Waals surface area contributed by atoms with Gasteiger partial charge in [-0.15, -0.1) is 11.8 Å². The summed E-state index contributed by atoms with van der Waals surface area (Å²) >= 11 is 9.11. The quantitative estimate of drug-likeness (QED) is 0.312. The van der Waals surface area contributed by atoms with Gasteiger partial charge in [0, 0.05) is 17.4 Å². The molecule has 1 saturated heterocycles. The van der Waals surface area contributed by atoms with Crippen molar-refractivity contribution >= 4 is 46.4 Å². The highest BCUT2D eigenvalue weighted by Gasteiger charge is 2.48. The van der Waals surface area contributed by atoms with Gasteiger partial charge in [-0.3, -0.25) is 9.59 Å². The summed E-state index contributed by atoms with van der Waals surface area (Å²) in [5.74, 6) is 0.594. The number of ketones is 1. The van der Waals surface area contributed by atoms with Gasteiger partial charge in [0.25, 0.3) is 0 Å². The molecular weight excluding hydrogens is 524 g/mol. The summed E-state index contributed by atoms with van der Waals surface area (Å²) in [6.45, 7) is 6.59. The number of carbonyl (C=O) groups is 2. The van der Waals surface area contributed by atoms with E-state index in [2.05, 4.69) is 5.32 Å². The van der Waals surface area contributed by atoms with E-state index in [1.54, 1.807) is 0 Å². The Bertz CT molecular complexity index is 1210. The van der Waals surface area contributed by atoms with Gasteiger partial charge in [-0.25, -0.2) is 4.98 Å². The number of benzene rings is 1. The molecule has 2 unspecified atom stereocenters. The molecule has 8 heteroatoms. The molecule has 2 aliphatic rings. The third-order valence-electron chi connectivity index (χ3n) is 6.76. The second-order valence-electron chi connectivity index (χ2n) is 9.30. The number of Topliss-reactive ketones (excluding diaryl/α,β-unsaturated/α-hetero) is 1. The Morgan fingerprint density at radius 2 is 1.95 bits per heavy atom. The van der Waals surface area contributed by atoms with Gasteiger partial charge < -0.3 is 10.1 Å². The monoisotopic (exact) mass is 556 g/mol. The summed E-state index contributed by atoms with van der Waals surface area (Å²) in [6.07, 6.45) is 4.99. The maximum atomic E-state index is 13.5. The van der Waals surface area contributed by atoms with Crippen molar-refractivity contribution in [2.75, 3.05) is 6.61 Å². The second kappa shape index (κ2) is 12.5. The molecule has 3 aromatic rings. The van der Waals surface area contributed by atoms with Gasteiger partial charge >= 0.3 is 0 Å². The Hall–Kier alpha value is -2.35. The molecule has 3 heterocycles. The van der Waals surface area contributed by atoms with Crippen LogP contribution in [-0.4, -0.2) is 28.5 Å². The molecule has 196 valence electrons. The van der Waals surface area contributed by atoms with Gasteiger partial charge in [-0.2, -0.15) is 11.3 Å². The zero-order chi connectivity index (χ0) is 26.4. The molecule has 1 aliphatic heterocycles. The topological polar surface area (TPSA) is 68.3 Å². The van der Waals surface area contributed by atoms with Crippen LogP contribution in [0.4, 0.5) is 0 Å². The number of nitrogens with one attached hydrogen (secondary N) is 1. The van der Waals surface area contributed by atoms with Crippen LogP contribution >= 0.6 is 34.7 Å². The molecule has 1 N–H and O–H groups in total. The Kier molecular flexibility index (Phi) is 9.32. The van der Waals surface area contributed by atoms with Crippen molar-refractivity contribution in [3.63, 3.8) is 0 Å². The SMILES string of the molecule is CC.Cc1ccc(SC2C(=O)CC(c3ccsc3)(c3cccc(OCC4CCCC4)n3)NC2=O)c(Cl)c1. The number of piperidine rings is 1. The summed E-state index contributed by atoms with van der Waals surface area (Å²) in [4.78, 5) is 32.4. The number of amides is 1. The van der Waals surface area contributed by atoms with Crippen LogP contribution < -0.4 is 10.1 Å². The number of ether oxygens (including phenoxy) is 1. The summed E-state index contributed by atoms with van der Waals surface area (Å²) in [5.41, 5.74) is 1.45. The van der Waals surface area contributed by atoms with Crippen LogP contribution in [0.15, 0.2) is 58.1 Å². The minimum Gasteiger partial charge on any atom is -0.477 e. The number of thiophene rings is 1. The third kappa shape index (κ3) is 6.21. The van der Waals surface area contributed by atoms with Crippen LogP contribution in [0.5, 0.6) is 5.88 Å². The highest BCUT2D eigenvalue weighted by Crippen LogP contribution is 2.41. The average Bonchev–Trinajstić information content (AvgIpc) is 3.62. The van der Waals surface area contributed by atoms with E-state index in [0.29, 0.717) is 34.0 Å². The highest BCUT2D eigenvalue weighted by atomic mass is 35.5. The minimum absolute atomic E-state index is 0.107. The molecule has 2 fully saturated rings. The molecule has 1 aliphatic carbocycles. The van der Waals surface area contributed by atoms with Crippen molar-refractivity contribution in [3.8, 4) is 5.88 Å². The summed E-state index contributed by atoms with van der Waals surface area (Å²) in [5, 5.41) is 6.75. The predicted molar refractivity (Wildman–Crippen MR) is 152 cm³/mol. The van der Waals surface area contributed by atoms with Crippen LogP contribution in [0.25, 0.3) is 0 Å². The zero-order valence-corrected chi connectivity index (χ0v) is 23.8.